The minimum Gasteiger partial charge on any atom is -0.400 e. The van der Waals surface area contributed by atoms with Gasteiger partial charge in [0.2, 0.25) is 0 Å². The van der Waals surface area contributed by atoms with E-state index in [0.29, 0.717) is 13.0 Å². The third-order valence-corrected chi connectivity index (χ3v) is 3.37. The van der Waals surface area contributed by atoms with Gasteiger partial charge in [-0.15, -0.1) is 0 Å². The third-order valence-electron chi connectivity index (χ3n) is 3.37. The molecule has 24 heavy (non-hydrogen) atoms. The number of nitrogens with zero attached hydrogens (tertiary/aromatic N) is 2. The second-order valence-corrected chi connectivity index (χ2v) is 4.55. The van der Waals surface area contributed by atoms with Gasteiger partial charge in [-0.1, -0.05) is 54.9 Å². The highest BCUT2D eigenvalue weighted by Gasteiger charge is 2.40. The monoisotopic (exact) mass is 349 g/mol. The number of guanidine groups is 1. The van der Waals surface area contributed by atoms with Crippen LogP contribution in [0.1, 0.15) is 67.7 Å². The topological polar surface area (TPSA) is 88.3 Å². The first kappa shape index (κ1) is 28.0. The number of hydrogen-bond donors (Lipinski definition) is 4. The predicted molar refractivity (Wildman–Crippen MR) is 105 cm³/mol. The van der Waals surface area contributed by atoms with Gasteiger partial charge >= 0.3 is 0 Å². The van der Waals surface area contributed by atoms with Crippen LogP contribution in [0.2, 0.25) is 0 Å². The van der Waals surface area contributed by atoms with Gasteiger partial charge in [0.05, 0.1) is 18.7 Å². The molecule has 2 aliphatic rings. The summed E-state index contributed by atoms with van der Waals surface area (Å²) >= 11 is 0. The fourth-order valence-electron chi connectivity index (χ4n) is 2.32. The summed E-state index contributed by atoms with van der Waals surface area (Å²) in [4.78, 5) is 6.49. The van der Waals surface area contributed by atoms with Crippen molar-refractivity contribution in [2.24, 2.45) is 4.99 Å². The Bertz CT molecular complexity index is 276. The van der Waals surface area contributed by atoms with Crippen LogP contribution in [-0.4, -0.2) is 71.2 Å². The summed E-state index contributed by atoms with van der Waals surface area (Å²) in [6, 6.07) is -0.0344. The molecule has 0 amide bonds. The van der Waals surface area contributed by atoms with Gasteiger partial charge in [0.1, 0.15) is 6.10 Å². The van der Waals surface area contributed by atoms with E-state index in [1.54, 1.807) is 0 Å². The van der Waals surface area contributed by atoms with Crippen LogP contribution in [0, 0.1) is 0 Å². The number of aliphatic imine (C=N–C) groups is 1. The molecule has 0 radical (unpaired) electrons. The number of nitrogens with one attached hydrogen (secondary N) is 1. The molecule has 4 N–H and O–H groups in total. The number of rotatable bonds is 3. The molecule has 0 aromatic heterocycles. The molecule has 0 aromatic rings. The summed E-state index contributed by atoms with van der Waals surface area (Å²) < 4.78 is 0. The highest BCUT2D eigenvalue weighted by Crippen LogP contribution is 2.22. The smallest absolute Gasteiger partial charge is 0.194 e. The van der Waals surface area contributed by atoms with E-state index in [-0.39, 0.29) is 6.04 Å². The summed E-state index contributed by atoms with van der Waals surface area (Å²) in [5.74, 6) is 0.893. The van der Waals surface area contributed by atoms with Crippen LogP contribution in [-0.2, 0) is 0 Å². The lowest BCUT2D eigenvalue weighted by Crippen LogP contribution is -2.57. The molecule has 2 rings (SSSR count). The van der Waals surface area contributed by atoms with E-state index in [1.165, 1.54) is 0 Å². The van der Waals surface area contributed by atoms with Gasteiger partial charge in [-0.05, 0) is 12.8 Å². The average molecular weight is 350 g/mol. The lowest BCUT2D eigenvalue weighted by Gasteiger charge is -2.38. The van der Waals surface area contributed by atoms with Crippen LogP contribution in [0.5, 0.6) is 0 Å². The largest absolute Gasteiger partial charge is 0.400 e. The molecule has 2 heterocycles. The maximum Gasteiger partial charge on any atom is 0.194 e. The Kier molecular flexibility index (Phi) is 23.5. The van der Waals surface area contributed by atoms with E-state index in [4.69, 9.17) is 5.11 Å². The van der Waals surface area contributed by atoms with Crippen LogP contribution in [0.15, 0.2) is 4.99 Å². The van der Waals surface area contributed by atoms with Gasteiger partial charge in [-0.3, -0.25) is 4.99 Å². The lowest BCUT2D eigenvalue weighted by molar-refractivity contribution is -0.0496. The molecule has 0 aliphatic carbocycles. The molecule has 3 atom stereocenters. The number of fused-ring (bicyclic) bond motifs is 1. The number of hydrogen-bond acceptors (Lipinski definition) is 6. The van der Waals surface area contributed by atoms with Crippen LogP contribution in [0.3, 0.4) is 0 Å². The van der Waals surface area contributed by atoms with Crippen LogP contribution in [0.25, 0.3) is 0 Å². The molecule has 6 heteroatoms. The van der Waals surface area contributed by atoms with Gasteiger partial charge in [0.15, 0.2) is 5.96 Å². The van der Waals surface area contributed by atoms with Gasteiger partial charge < -0.3 is 25.5 Å². The molecule has 0 bridgehead atoms. The molecule has 0 aromatic carbocycles. The summed E-state index contributed by atoms with van der Waals surface area (Å²) in [5.41, 5.74) is 0. The highest BCUT2D eigenvalue weighted by atomic mass is 16.3. The predicted octanol–water partition coefficient (Wildman–Crippen LogP) is 2.23. The maximum atomic E-state index is 9.84. The van der Waals surface area contributed by atoms with E-state index in [1.807, 2.05) is 41.5 Å². The van der Waals surface area contributed by atoms with Crippen molar-refractivity contribution >= 4 is 5.96 Å². The Labute approximate surface area is 150 Å². The highest BCUT2D eigenvalue weighted by molar-refractivity contribution is 5.82. The van der Waals surface area contributed by atoms with Crippen molar-refractivity contribution in [1.82, 2.24) is 10.2 Å². The molecule has 1 saturated heterocycles. The quantitative estimate of drug-likeness (QED) is 0.587. The Hall–Kier alpha value is -0.850. The molecule has 148 valence electrons. The van der Waals surface area contributed by atoms with Gasteiger partial charge in [-0.25, -0.2) is 0 Å². The lowest BCUT2D eigenvalue weighted by atomic mass is 9.97. The summed E-state index contributed by atoms with van der Waals surface area (Å²) in [5, 5.41) is 29.7. The molecular weight excluding hydrogens is 306 g/mol. The van der Waals surface area contributed by atoms with Crippen LogP contribution in [0.4, 0.5) is 0 Å². The van der Waals surface area contributed by atoms with E-state index >= 15 is 0 Å². The van der Waals surface area contributed by atoms with Crippen LogP contribution < -0.4 is 5.32 Å². The fourth-order valence-corrected chi connectivity index (χ4v) is 2.32. The Morgan fingerprint density at radius 3 is 2.12 bits per heavy atom. The van der Waals surface area contributed by atoms with E-state index in [2.05, 4.69) is 22.1 Å². The van der Waals surface area contributed by atoms with Crippen molar-refractivity contribution < 1.29 is 15.3 Å². The second kappa shape index (κ2) is 20.2. The van der Waals surface area contributed by atoms with E-state index < -0.39 is 12.2 Å². The molecule has 3 unspecified atom stereocenters. The first-order chi connectivity index (χ1) is 11.7. The SMILES string of the molecule is CC.CC.CC.CCCCNC1=NCC2C(O)C(O)CCN12.CO. The third kappa shape index (κ3) is 9.45. The Balaban J connectivity index is -0.000000484. The Morgan fingerprint density at radius 2 is 1.62 bits per heavy atom. The minimum atomic E-state index is -0.664. The summed E-state index contributed by atoms with van der Waals surface area (Å²) in [6.45, 7) is 16.5. The second-order valence-electron chi connectivity index (χ2n) is 4.55. The fraction of sp³-hybridized carbons (Fsp3) is 0.944. The molecule has 0 saturated carbocycles. The average Bonchev–Trinajstić information content (AvgIpc) is 3.09. The van der Waals surface area contributed by atoms with Crippen LogP contribution >= 0.6 is 0 Å². The van der Waals surface area contributed by atoms with Crippen molar-refractivity contribution in [3.63, 3.8) is 0 Å². The maximum absolute atomic E-state index is 9.84. The zero-order valence-electron chi connectivity index (χ0n) is 17.2. The van der Waals surface area contributed by atoms with Crippen molar-refractivity contribution in [3.05, 3.63) is 0 Å². The zero-order valence-corrected chi connectivity index (χ0v) is 17.2. The number of unbranched alkanes of at least 4 members (excludes halogenated alkanes) is 1. The first-order valence-corrected chi connectivity index (χ1v) is 9.60. The first-order valence-electron chi connectivity index (χ1n) is 9.60. The van der Waals surface area contributed by atoms with Crippen molar-refractivity contribution in [1.29, 1.82) is 0 Å². The number of aliphatic hydroxyl groups excluding tert-OH is 3. The van der Waals surface area contributed by atoms with Crippen molar-refractivity contribution in [3.8, 4) is 0 Å². The van der Waals surface area contributed by atoms with Crippen molar-refractivity contribution in [2.45, 2.75) is 86.0 Å². The van der Waals surface area contributed by atoms with Gasteiger partial charge in [-0.2, -0.15) is 0 Å². The number of piperidine rings is 1. The summed E-state index contributed by atoms with van der Waals surface area (Å²) in [6.07, 6.45) is 1.65. The summed E-state index contributed by atoms with van der Waals surface area (Å²) in [7, 11) is 1.00. The molecule has 6 nitrogen and oxygen atoms in total. The normalized spacial score (nSPS) is 23.4. The Morgan fingerprint density at radius 1 is 1.08 bits per heavy atom. The molecule has 1 fully saturated rings. The zero-order chi connectivity index (χ0) is 19.5. The van der Waals surface area contributed by atoms with Gasteiger partial charge in [0.25, 0.3) is 0 Å². The van der Waals surface area contributed by atoms with E-state index in [0.717, 1.165) is 39.0 Å². The molecule has 2 aliphatic heterocycles. The standard InChI is InChI=1S/C11H21N3O2.3C2H6.CH4O/c1-2-3-5-12-11-13-7-8-10(16)9(15)4-6-14(8)11;4*1-2/h8-10,15-16H,2-7H2,1H3,(H,12,13);3*1-2H3;2H,1H3. The van der Waals surface area contributed by atoms with E-state index in [9.17, 15) is 10.2 Å². The molecular formula is C18H43N3O3. The van der Waals surface area contributed by atoms with Gasteiger partial charge in [0, 0.05) is 20.2 Å². The van der Waals surface area contributed by atoms with Crippen molar-refractivity contribution in [2.75, 3.05) is 26.7 Å². The molecule has 0 spiro atoms. The number of aliphatic hydroxyl groups is 3. The minimum absolute atomic E-state index is 0.0344.